The number of H-pyrrole nitrogens is 1. The first-order chi connectivity index (χ1) is 11.0. The normalized spacial score (nSPS) is 16.9. The number of nitro benzene ring substituents is 1. The molecule has 2 aromatic rings. The smallest absolute Gasteiger partial charge is 0.270 e. The summed E-state index contributed by atoms with van der Waals surface area (Å²) in [6, 6.07) is 5.18. The molecule has 8 nitrogen and oxygen atoms in total. The first kappa shape index (κ1) is 17.9. The number of nitrogens with zero attached hydrogens (tertiary/aromatic N) is 2. The highest BCUT2D eigenvalue weighted by atomic mass is 35.5. The van der Waals surface area contributed by atoms with Gasteiger partial charge in [-0.1, -0.05) is 0 Å². The topological polar surface area (TPSA) is 122 Å². The monoisotopic (exact) mass is 352 g/mol. The number of carbonyl (C=O) groups is 1. The number of benzene rings is 1. The number of hydrogen-bond acceptors (Lipinski definition) is 5. The van der Waals surface area contributed by atoms with Gasteiger partial charge in [0.25, 0.3) is 11.6 Å². The molecule has 0 aliphatic carbocycles. The minimum atomic E-state index is -0.530. The van der Waals surface area contributed by atoms with E-state index in [0.717, 1.165) is 12.8 Å². The molecular formula is C15H17ClN4O4. The number of pyridine rings is 1. The molecule has 1 aromatic carbocycles. The van der Waals surface area contributed by atoms with Crippen LogP contribution in [-0.2, 0) is 0 Å². The predicted molar refractivity (Wildman–Crippen MR) is 91.6 cm³/mol. The van der Waals surface area contributed by atoms with Crippen LogP contribution in [0.25, 0.3) is 10.9 Å². The highest BCUT2D eigenvalue weighted by molar-refractivity contribution is 6.06. The lowest BCUT2D eigenvalue weighted by molar-refractivity contribution is -0.384. The Morgan fingerprint density at radius 1 is 1.42 bits per heavy atom. The molecule has 1 unspecified atom stereocenters. The van der Waals surface area contributed by atoms with Crippen molar-refractivity contribution in [2.24, 2.45) is 5.73 Å². The van der Waals surface area contributed by atoms with E-state index in [9.17, 15) is 19.7 Å². The number of aromatic amines is 1. The van der Waals surface area contributed by atoms with Gasteiger partial charge in [-0.05, 0) is 18.9 Å². The summed E-state index contributed by atoms with van der Waals surface area (Å²) in [5.41, 5.74) is 5.72. The van der Waals surface area contributed by atoms with Crippen molar-refractivity contribution in [3.8, 4) is 0 Å². The van der Waals surface area contributed by atoms with Crippen LogP contribution in [0.2, 0.25) is 0 Å². The summed E-state index contributed by atoms with van der Waals surface area (Å²) in [4.78, 5) is 39.3. The van der Waals surface area contributed by atoms with Crippen LogP contribution in [0.5, 0.6) is 0 Å². The SMILES string of the molecule is Cl.NCC1CCCN1C(=O)c1cc(=O)[nH]c2ccc([N+](=O)[O-])cc12. The number of fused-ring (bicyclic) bond motifs is 1. The van der Waals surface area contributed by atoms with Crippen molar-refractivity contribution in [1.82, 2.24) is 9.88 Å². The van der Waals surface area contributed by atoms with Crippen LogP contribution >= 0.6 is 12.4 Å². The molecule has 3 N–H and O–H groups in total. The standard InChI is InChI=1S/C15H16N4O4.ClH/c16-8-10-2-1-5-18(10)15(21)12-7-14(20)17-13-4-3-9(19(22)23)6-11(12)13;/h3-4,6-7,10H,1-2,5,8,16H2,(H,17,20);1H. The number of hydrogen-bond donors (Lipinski definition) is 2. The van der Waals surface area contributed by atoms with Gasteiger partial charge in [-0.2, -0.15) is 0 Å². The summed E-state index contributed by atoms with van der Waals surface area (Å²) in [6.07, 6.45) is 1.68. The number of non-ortho nitro benzene ring substituents is 1. The van der Waals surface area contributed by atoms with Gasteiger partial charge in [-0.25, -0.2) is 0 Å². The Kier molecular flexibility index (Phi) is 5.20. The fourth-order valence-corrected chi connectivity index (χ4v) is 3.04. The molecule has 1 fully saturated rings. The fourth-order valence-electron chi connectivity index (χ4n) is 3.04. The zero-order valence-corrected chi connectivity index (χ0v) is 13.5. The number of halogens is 1. The van der Waals surface area contributed by atoms with E-state index >= 15 is 0 Å². The van der Waals surface area contributed by atoms with Gasteiger partial charge in [0.05, 0.1) is 10.5 Å². The molecule has 1 aromatic heterocycles. The highest BCUT2D eigenvalue weighted by Crippen LogP contribution is 2.25. The summed E-state index contributed by atoms with van der Waals surface area (Å²) in [6.45, 7) is 0.928. The average Bonchev–Trinajstić information content (AvgIpc) is 3.01. The number of nitrogens with one attached hydrogen (secondary N) is 1. The van der Waals surface area contributed by atoms with Gasteiger partial charge in [0.1, 0.15) is 0 Å². The van der Waals surface area contributed by atoms with Crippen LogP contribution < -0.4 is 11.3 Å². The Balaban J connectivity index is 0.00000208. The summed E-state index contributed by atoms with van der Waals surface area (Å²) < 4.78 is 0. The number of nitro groups is 1. The third-order valence-electron chi connectivity index (χ3n) is 4.18. The quantitative estimate of drug-likeness (QED) is 0.639. The number of likely N-dealkylation sites (tertiary alicyclic amines) is 1. The maximum atomic E-state index is 12.8. The Morgan fingerprint density at radius 2 is 2.17 bits per heavy atom. The van der Waals surface area contributed by atoms with Crippen molar-refractivity contribution in [1.29, 1.82) is 0 Å². The van der Waals surface area contributed by atoms with Gasteiger partial charge in [0.15, 0.2) is 0 Å². The van der Waals surface area contributed by atoms with E-state index in [2.05, 4.69) is 4.98 Å². The summed E-state index contributed by atoms with van der Waals surface area (Å²) in [5.74, 6) is -0.311. The molecule has 24 heavy (non-hydrogen) atoms. The molecule has 1 aliphatic heterocycles. The second kappa shape index (κ2) is 6.98. The van der Waals surface area contributed by atoms with Crippen LogP contribution in [0.15, 0.2) is 29.1 Å². The number of carbonyl (C=O) groups excluding carboxylic acids is 1. The first-order valence-corrected chi connectivity index (χ1v) is 7.34. The largest absolute Gasteiger partial charge is 0.334 e. The molecule has 0 spiro atoms. The zero-order valence-electron chi connectivity index (χ0n) is 12.7. The Morgan fingerprint density at radius 3 is 2.83 bits per heavy atom. The van der Waals surface area contributed by atoms with Gasteiger partial charge in [0.2, 0.25) is 5.56 Å². The number of nitrogens with two attached hydrogens (primary N) is 1. The number of rotatable bonds is 3. The molecule has 0 bridgehead atoms. The lowest BCUT2D eigenvalue weighted by atomic mass is 10.1. The van der Waals surface area contributed by atoms with E-state index < -0.39 is 10.5 Å². The van der Waals surface area contributed by atoms with Gasteiger partial charge >= 0.3 is 0 Å². The molecule has 128 valence electrons. The van der Waals surface area contributed by atoms with E-state index in [-0.39, 0.29) is 35.6 Å². The first-order valence-electron chi connectivity index (χ1n) is 7.34. The van der Waals surface area contributed by atoms with Crippen molar-refractivity contribution in [3.05, 3.63) is 50.3 Å². The van der Waals surface area contributed by atoms with Gasteiger partial charge in [-0.3, -0.25) is 19.7 Å². The lowest BCUT2D eigenvalue weighted by Gasteiger charge is -2.24. The van der Waals surface area contributed by atoms with E-state index in [4.69, 9.17) is 5.73 Å². The van der Waals surface area contributed by atoms with E-state index in [1.807, 2.05) is 0 Å². The minimum Gasteiger partial charge on any atom is -0.334 e. The van der Waals surface area contributed by atoms with Crippen LogP contribution in [0.3, 0.4) is 0 Å². The van der Waals surface area contributed by atoms with Crippen LogP contribution in [0.1, 0.15) is 23.2 Å². The van der Waals surface area contributed by atoms with E-state index in [1.165, 1.54) is 24.3 Å². The van der Waals surface area contributed by atoms with Crippen LogP contribution in [-0.4, -0.2) is 39.8 Å². The molecule has 9 heteroatoms. The van der Waals surface area contributed by atoms with Crippen molar-refractivity contribution >= 4 is 34.9 Å². The molecule has 1 atom stereocenters. The Labute approximate surface area is 143 Å². The Bertz CT molecular complexity index is 851. The fraction of sp³-hybridized carbons (Fsp3) is 0.333. The predicted octanol–water partition coefficient (Wildman–Crippen LogP) is 1.42. The molecule has 1 saturated heterocycles. The maximum absolute atomic E-state index is 12.8. The lowest BCUT2D eigenvalue weighted by Crippen LogP contribution is -2.40. The van der Waals surface area contributed by atoms with Crippen molar-refractivity contribution in [2.75, 3.05) is 13.1 Å². The van der Waals surface area contributed by atoms with Crippen LogP contribution in [0, 0.1) is 10.1 Å². The third kappa shape index (κ3) is 3.10. The summed E-state index contributed by atoms with van der Waals surface area (Å²) in [5, 5.41) is 11.3. The summed E-state index contributed by atoms with van der Waals surface area (Å²) >= 11 is 0. The highest BCUT2D eigenvalue weighted by Gasteiger charge is 2.29. The molecule has 0 radical (unpaired) electrons. The maximum Gasteiger partial charge on any atom is 0.270 e. The second-order valence-electron chi connectivity index (χ2n) is 5.56. The molecule has 3 rings (SSSR count). The van der Waals surface area contributed by atoms with E-state index in [0.29, 0.717) is 24.0 Å². The Hall–Kier alpha value is -2.45. The average molecular weight is 353 g/mol. The molecule has 0 saturated carbocycles. The molecule has 1 amide bonds. The number of aromatic nitrogens is 1. The van der Waals surface area contributed by atoms with E-state index in [1.54, 1.807) is 4.90 Å². The zero-order chi connectivity index (χ0) is 16.6. The van der Waals surface area contributed by atoms with Gasteiger partial charge < -0.3 is 15.6 Å². The molecule has 1 aliphatic rings. The van der Waals surface area contributed by atoms with Gasteiger partial charge in [-0.15, -0.1) is 12.4 Å². The van der Waals surface area contributed by atoms with Crippen molar-refractivity contribution in [3.63, 3.8) is 0 Å². The number of amides is 1. The molecule has 2 heterocycles. The van der Waals surface area contributed by atoms with Gasteiger partial charge in [0, 0.05) is 48.2 Å². The summed E-state index contributed by atoms with van der Waals surface area (Å²) in [7, 11) is 0. The van der Waals surface area contributed by atoms with Crippen molar-refractivity contribution in [2.45, 2.75) is 18.9 Å². The third-order valence-corrected chi connectivity index (χ3v) is 4.18. The minimum absolute atomic E-state index is 0. The second-order valence-corrected chi connectivity index (χ2v) is 5.56. The van der Waals surface area contributed by atoms with Crippen molar-refractivity contribution < 1.29 is 9.72 Å². The van der Waals surface area contributed by atoms with Crippen LogP contribution in [0.4, 0.5) is 5.69 Å². The molecular weight excluding hydrogens is 336 g/mol.